The van der Waals surface area contributed by atoms with Crippen molar-refractivity contribution in [1.29, 1.82) is 0 Å². The predicted molar refractivity (Wildman–Crippen MR) is 80.3 cm³/mol. The topological polar surface area (TPSA) is 80.3 Å². The lowest BCUT2D eigenvalue weighted by molar-refractivity contribution is 0.0939. The molecular weight excluding hydrogens is 270 g/mol. The van der Waals surface area contributed by atoms with Crippen LogP contribution in [0, 0.1) is 0 Å². The molecule has 0 saturated carbocycles. The zero-order chi connectivity index (χ0) is 15.7. The van der Waals surface area contributed by atoms with Crippen LogP contribution >= 0.6 is 0 Å². The number of amides is 2. The summed E-state index contributed by atoms with van der Waals surface area (Å²) in [6.45, 7) is 5.04. The van der Waals surface area contributed by atoms with E-state index in [1.54, 1.807) is 13.2 Å². The minimum Gasteiger partial charge on any atom is -0.385 e. The van der Waals surface area contributed by atoms with Gasteiger partial charge >= 0.3 is 0 Å². The third-order valence-corrected chi connectivity index (χ3v) is 3.06. The van der Waals surface area contributed by atoms with E-state index in [1.807, 2.05) is 13.8 Å². The molecule has 1 unspecified atom stereocenters. The summed E-state index contributed by atoms with van der Waals surface area (Å²) in [5, 5.41) is 5.61. The third kappa shape index (κ3) is 5.91. The van der Waals surface area contributed by atoms with Crippen molar-refractivity contribution in [3.63, 3.8) is 0 Å². The number of nitrogens with one attached hydrogen (secondary N) is 2. The Kier molecular flexibility index (Phi) is 7.39. The van der Waals surface area contributed by atoms with Crippen molar-refractivity contribution in [2.24, 2.45) is 0 Å². The summed E-state index contributed by atoms with van der Waals surface area (Å²) in [4.78, 5) is 27.9. The molecule has 0 bridgehead atoms. The lowest BCUT2D eigenvalue weighted by Gasteiger charge is -2.11. The molecule has 1 aromatic heterocycles. The highest BCUT2D eigenvalue weighted by Crippen LogP contribution is 2.04. The summed E-state index contributed by atoms with van der Waals surface area (Å²) < 4.78 is 4.91. The number of methoxy groups -OCH3 is 1. The molecule has 0 radical (unpaired) electrons. The summed E-state index contributed by atoms with van der Waals surface area (Å²) >= 11 is 0. The fraction of sp³-hybridized carbons (Fsp3) is 0.533. The molecule has 1 atom stereocenters. The van der Waals surface area contributed by atoms with Gasteiger partial charge in [0.1, 0.15) is 0 Å². The summed E-state index contributed by atoms with van der Waals surface area (Å²) in [5.74, 6) is -0.456. The van der Waals surface area contributed by atoms with E-state index in [0.29, 0.717) is 24.3 Å². The van der Waals surface area contributed by atoms with Crippen molar-refractivity contribution in [3.8, 4) is 0 Å². The first kappa shape index (κ1) is 17.1. The minimum absolute atomic E-state index is 0.0871. The van der Waals surface area contributed by atoms with E-state index in [0.717, 1.165) is 12.8 Å². The molecule has 2 amide bonds. The monoisotopic (exact) mass is 293 g/mol. The standard InChI is InChI=1S/C15H23N3O3/c1-4-11(2)18-15(20)13-8-12(9-16-10-13)14(19)17-6-5-7-21-3/h8-11H,4-7H2,1-3H3,(H,17,19)(H,18,20). The number of rotatable bonds is 8. The fourth-order valence-corrected chi connectivity index (χ4v) is 1.62. The van der Waals surface area contributed by atoms with Gasteiger partial charge in [-0.2, -0.15) is 0 Å². The molecule has 0 aliphatic carbocycles. The van der Waals surface area contributed by atoms with Crippen molar-refractivity contribution in [2.45, 2.75) is 32.7 Å². The summed E-state index contributed by atoms with van der Waals surface area (Å²) in [6, 6.07) is 1.64. The number of ether oxygens (including phenoxy) is 1. The summed E-state index contributed by atoms with van der Waals surface area (Å²) in [6.07, 6.45) is 4.49. The molecule has 0 fully saturated rings. The quantitative estimate of drug-likeness (QED) is 0.710. The Morgan fingerprint density at radius 3 is 2.57 bits per heavy atom. The first-order chi connectivity index (χ1) is 10.1. The Balaban J connectivity index is 2.62. The van der Waals surface area contributed by atoms with Crippen LogP contribution in [-0.2, 0) is 4.74 Å². The van der Waals surface area contributed by atoms with E-state index in [9.17, 15) is 9.59 Å². The second-order valence-corrected chi connectivity index (χ2v) is 4.85. The van der Waals surface area contributed by atoms with Crippen molar-refractivity contribution in [2.75, 3.05) is 20.3 Å². The van der Waals surface area contributed by atoms with Gasteiger partial charge in [-0.25, -0.2) is 0 Å². The van der Waals surface area contributed by atoms with Crippen molar-refractivity contribution < 1.29 is 14.3 Å². The summed E-state index contributed by atoms with van der Waals surface area (Å²) in [5.41, 5.74) is 0.768. The smallest absolute Gasteiger partial charge is 0.253 e. The highest BCUT2D eigenvalue weighted by Gasteiger charge is 2.12. The van der Waals surface area contributed by atoms with Gasteiger partial charge in [0.05, 0.1) is 11.1 Å². The minimum atomic E-state index is -0.239. The van der Waals surface area contributed by atoms with E-state index in [4.69, 9.17) is 4.74 Å². The van der Waals surface area contributed by atoms with Crippen LogP contribution in [0.4, 0.5) is 0 Å². The Labute approximate surface area is 125 Å². The van der Waals surface area contributed by atoms with E-state index in [2.05, 4.69) is 15.6 Å². The van der Waals surface area contributed by atoms with Crippen LogP contribution in [0.15, 0.2) is 18.5 Å². The van der Waals surface area contributed by atoms with Crippen LogP contribution in [-0.4, -0.2) is 43.1 Å². The molecule has 21 heavy (non-hydrogen) atoms. The number of nitrogens with zero attached hydrogens (tertiary/aromatic N) is 1. The predicted octanol–water partition coefficient (Wildman–Crippen LogP) is 1.38. The Morgan fingerprint density at radius 2 is 1.95 bits per heavy atom. The number of hydrogen-bond donors (Lipinski definition) is 2. The zero-order valence-corrected chi connectivity index (χ0v) is 12.8. The maximum absolute atomic E-state index is 12.0. The van der Waals surface area contributed by atoms with Crippen LogP contribution < -0.4 is 10.6 Å². The molecular formula is C15H23N3O3. The van der Waals surface area contributed by atoms with Crippen LogP contribution in [0.3, 0.4) is 0 Å². The van der Waals surface area contributed by atoms with Gasteiger partial charge in [-0.05, 0) is 25.8 Å². The van der Waals surface area contributed by atoms with E-state index < -0.39 is 0 Å². The van der Waals surface area contributed by atoms with Crippen LogP contribution in [0.2, 0.25) is 0 Å². The summed E-state index contributed by atoms with van der Waals surface area (Å²) in [7, 11) is 1.62. The van der Waals surface area contributed by atoms with Crippen LogP contribution in [0.25, 0.3) is 0 Å². The molecule has 1 aromatic rings. The highest BCUT2D eigenvalue weighted by molar-refractivity contribution is 5.99. The van der Waals surface area contributed by atoms with Gasteiger partial charge in [0, 0.05) is 38.7 Å². The fourth-order valence-electron chi connectivity index (χ4n) is 1.62. The van der Waals surface area contributed by atoms with E-state index in [1.165, 1.54) is 12.4 Å². The SMILES string of the molecule is CCC(C)NC(=O)c1cncc(C(=O)NCCCOC)c1. The highest BCUT2D eigenvalue weighted by atomic mass is 16.5. The largest absolute Gasteiger partial charge is 0.385 e. The van der Waals surface area contributed by atoms with Gasteiger partial charge in [0.2, 0.25) is 0 Å². The van der Waals surface area contributed by atoms with Crippen LogP contribution in [0.1, 0.15) is 47.4 Å². The molecule has 0 spiro atoms. The number of hydrogen-bond acceptors (Lipinski definition) is 4. The van der Waals surface area contributed by atoms with Gasteiger partial charge in [-0.15, -0.1) is 0 Å². The lowest BCUT2D eigenvalue weighted by atomic mass is 10.1. The average molecular weight is 293 g/mol. The van der Waals surface area contributed by atoms with E-state index in [-0.39, 0.29) is 17.9 Å². The Bertz CT molecular complexity index is 477. The maximum atomic E-state index is 12.0. The first-order valence-electron chi connectivity index (χ1n) is 7.11. The van der Waals surface area contributed by atoms with E-state index >= 15 is 0 Å². The first-order valence-corrected chi connectivity index (χ1v) is 7.11. The van der Waals surface area contributed by atoms with Gasteiger partial charge in [-0.3, -0.25) is 14.6 Å². The second kappa shape index (κ2) is 9.07. The second-order valence-electron chi connectivity index (χ2n) is 4.85. The van der Waals surface area contributed by atoms with Gasteiger partial charge < -0.3 is 15.4 Å². The molecule has 0 saturated heterocycles. The Hall–Kier alpha value is -1.95. The number of pyridine rings is 1. The number of carbonyl (C=O) groups is 2. The molecule has 2 N–H and O–H groups in total. The average Bonchev–Trinajstić information content (AvgIpc) is 2.51. The maximum Gasteiger partial charge on any atom is 0.253 e. The molecule has 0 aliphatic rings. The van der Waals surface area contributed by atoms with Gasteiger partial charge in [0.25, 0.3) is 11.8 Å². The van der Waals surface area contributed by atoms with Gasteiger partial charge in [-0.1, -0.05) is 6.92 Å². The molecule has 6 nitrogen and oxygen atoms in total. The third-order valence-electron chi connectivity index (χ3n) is 3.06. The Morgan fingerprint density at radius 1 is 1.29 bits per heavy atom. The normalized spacial score (nSPS) is 11.8. The lowest BCUT2D eigenvalue weighted by Crippen LogP contribution is -2.32. The van der Waals surface area contributed by atoms with Crippen molar-refractivity contribution >= 4 is 11.8 Å². The molecule has 6 heteroatoms. The van der Waals surface area contributed by atoms with Crippen LogP contribution in [0.5, 0.6) is 0 Å². The molecule has 116 valence electrons. The molecule has 0 aliphatic heterocycles. The zero-order valence-electron chi connectivity index (χ0n) is 12.8. The molecule has 1 heterocycles. The van der Waals surface area contributed by atoms with Crippen molar-refractivity contribution in [1.82, 2.24) is 15.6 Å². The number of carbonyl (C=O) groups excluding carboxylic acids is 2. The van der Waals surface area contributed by atoms with Gasteiger partial charge in [0.15, 0.2) is 0 Å². The molecule has 0 aromatic carbocycles. The number of aromatic nitrogens is 1. The van der Waals surface area contributed by atoms with Crippen molar-refractivity contribution in [3.05, 3.63) is 29.6 Å². The molecule has 1 rings (SSSR count).